The maximum Gasteiger partial charge on any atom is 0.413 e. The fourth-order valence-corrected chi connectivity index (χ4v) is 6.36. The quantitative estimate of drug-likeness (QED) is 0.230. The van der Waals surface area contributed by atoms with E-state index in [-0.39, 0.29) is 29.7 Å². The lowest BCUT2D eigenvalue weighted by molar-refractivity contribution is -0.143. The number of para-hydroxylation sites is 1. The number of nitrogens with zero attached hydrogens (tertiary/aromatic N) is 3. The highest BCUT2D eigenvalue weighted by atomic mass is 32.1. The van der Waals surface area contributed by atoms with Crippen molar-refractivity contribution in [3.05, 3.63) is 52.3 Å². The van der Waals surface area contributed by atoms with Crippen LogP contribution < -0.4 is 10.6 Å². The molecule has 4 aromatic rings. The van der Waals surface area contributed by atoms with Crippen LogP contribution in [0.25, 0.3) is 20.8 Å². The number of hydrogen-bond acceptors (Lipinski definition) is 10. The molecule has 3 aromatic heterocycles. The van der Waals surface area contributed by atoms with E-state index in [0.29, 0.717) is 16.3 Å². The molecule has 37 heavy (non-hydrogen) atoms. The van der Waals surface area contributed by atoms with Crippen LogP contribution in [0.1, 0.15) is 23.0 Å². The highest BCUT2D eigenvalue weighted by Gasteiger charge is 2.43. The van der Waals surface area contributed by atoms with Crippen LogP contribution in [0.4, 0.5) is 24.9 Å². The van der Waals surface area contributed by atoms with Crippen LogP contribution in [-0.2, 0) is 0 Å². The Morgan fingerprint density at radius 1 is 1.08 bits per heavy atom. The van der Waals surface area contributed by atoms with Crippen molar-refractivity contribution in [3.63, 3.8) is 0 Å². The van der Waals surface area contributed by atoms with Gasteiger partial charge in [-0.2, -0.15) is 18.2 Å². The van der Waals surface area contributed by atoms with Crippen LogP contribution in [-0.4, -0.2) is 61.3 Å². The number of aliphatic hydroxyl groups excluding tert-OH is 3. The molecular weight excluding hydrogens is 527 g/mol. The Hall–Kier alpha value is -2.84. The smallest absolute Gasteiger partial charge is 0.396 e. The summed E-state index contributed by atoms with van der Waals surface area (Å²) in [6.45, 7) is 1.34. The molecule has 196 valence electrons. The van der Waals surface area contributed by atoms with Gasteiger partial charge in [0.25, 0.3) is 0 Å². The SMILES string of the molecule is Cc1nc(N[C@H](c2cccs2)C(F)(F)F)nc(N[C@@H]2C[C@H](CO)[C@@H](O)[C@H]2O)c1-c1nc2ccccc2s1. The number of thiophene rings is 1. The number of hydrogen-bond donors (Lipinski definition) is 5. The zero-order valence-electron chi connectivity index (χ0n) is 19.5. The van der Waals surface area contributed by atoms with Crippen molar-refractivity contribution in [1.82, 2.24) is 15.0 Å². The Labute approximate surface area is 217 Å². The van der Waals surface area contributed by atoms with E-state index < -0.39 is 36.4 Å². The normalized spacial score (nSPS) is 22.9. The predicted molar refractivity (Wildman–Crippen MR) is 137 cm³/mol. The minimum Gasteiger partial charge on any atom is -0.396 e. The lowest BCUT2D eigenvalue weighted by Gasteiger charge is -2.23. The van der Waals surface area contributed by atoms with Crippen LogP contribution in [0.2, 0.25) is 0 Å². The molecule has 0 amide bonds. The van der Waals surface area contributed by atoms with E-state index in [9.17, 15) is 28.5 Å². The third-order valence-corrected chi connectivity index (χ3v) is 8.38. The molecule has 5 N–H and O–H groups in total. The predicted octanol–water partition coefficient (Wildman–Crippen LogP) is 4.35. The van der Waals surface area contributed by atoms with Crippen LogP contribution >= 0.6 is 22.7 Å². The molecule has 0 bridgehead atoms. The van der Waals surface area contributed by atoms with Crippen molar-refractivity contribution in [2.75, 3.05) is 17.2 Å². The largest absolute Gasteiger partial charge is 0.413 e. The van der Waals surface area contributed by atoms with Gasteiger partial charge >= 0.3 is 6.18 Å². The third-order valence-electron chi connectivity index (χ3n) is 6.38. The minimum atomic E-state index is -4.60. The first-order valence-electron chi connectivity index (χ1n) is 11.5. The number of halogens is 3. The zero-order valence-corrected chi connectivity index (χ0v) is 21.1. The standard InChI is InChI=1S/C24H24F3N5O3S2/c1-11-17(22-30-13-5-2-3-6-15(13)37-22)21(29-14-9-12(10-33)18(34)19(14)35)32-23(28-11)31-20(24(25,26)27)16-7-4-8-36-16/h2-8,12,14,18-20,33-35H,9-10H2,1H3,(H2,28,29,31,32)/t12-,14-,18-,19+,20-/m1/s1. The second-order valence-electron chi connectivity index (χ2n) is 8.89. The minimum absolute atomic E-state index is 0.0682. The first-order chi connectivity index (χ1) is 17.7. The molecule has 1 aromatic carbocycles. The van der Waals surface area contributed by atoms with E-state index in [2.05, 4.69) is 25.6 Å². The van der Waals surface area contributed by atoms with Gasteiger partial charge in [-0.15, -0.1) is 22.7 Å². The van der Waals surface area contributed by atoms with Gasteiger partial charge in [0.05, 0.1) is 33.6 Å². The van der Waals surface area contributed by atoms with Gasteiger partial charge in [0.2, 0.25) is 5.95 Å². The van der Waals surface area contributed by atoms with E-state index in [4.69, 9.17) is 0 Å². The summed E-state index contributed by atoms with van der Waals surface area (Å²) in [7, 11) is 0. The molecule has 1 fully saturated rings. The van der Waals surface area contributed by atoms with E-state index in [0.717, 1.165) is 21.6 Å². The van der Waals surface area contributed by atoms with Crippen molar-refractivity contribution in [1.29, 1.82) is 0 Å². The van der Waals surface area contributed by atoms with Gasteiger partial charge in [-0.05, 0) is 36.9 Å². The van der Waals surface area contributed by atoms with Gasteiger partial charge in [-0.25, -0.2) is 9.97 Å². The van der Waals surface area contributed by atoms with E-state index in [1.54, 1.807) is 18.4 Å². The summed E-state index contributed by atoms with van der Waals surface area (Å²) in [5, 5.41) is 38.1. The Morgan fingerprint density at radius 3 is 2.51 bits per heavy atom. The van der Waals surface area contributed by atoms with E-state index in [1.807, 2.05) is 24.3 Å². The molecule has 3 heterocycles. The first-order valence-corrected chi connectivity index (χ1v) is 13.2. The number of rotatable bonds is 7. The van der Waals surface area contributed by atoms with Gasteiger partial charge < -0.3 is 26.0 Å². The molecule has 5 atom stereocenters. The Kier molecular flexibility index (Phi) is 7.07. The lowest BCUT2D eigenvalue weighted by Crippen LogP contribution is -2.36. The zero-order chi connectivity index (χ0) is 26.3. The number of nitrogens with one attached hydrogen (secondary N) is 2. The number of alkyl halides is 3. The second kappa shape index (κ2) is 10.1. The molecule has 0 unspecified atom stereocenters. The average Bonchev–Trinajstić information content (AvgIpc) is 3.58. The fraction of sp³-hybridized carbons (Fsp3) is 0.375. The number of aliphatic hydroxyl groups is 3. The summed E-state index contributed by atoms with van der Waals surface area (Å²) in [5.74, 6) is -0.615. The summed E-state index contributed by atoms with van der Waals surface area (Å²) in [6, 6.07) is 7.73. The van der Waals surface area contributed by atoms with Gasteiger partial charge in [-0.3, -0.25) is 0 Å². The number of fused-ring (bicyclic) bond motifs is 1. The van der Waals surface area contributed by atoms with Crippen LogP contribution in [0.15, 0.2) is 41.8 Å². The Morgan fingerprint density at radius 2 is 1.86 bits per heavy atom. The molecule has 5 rings (SSSR count). The number of thiazole rings is 1. The fourth-order valence-electron chi connectivity index (χ4n) is 4.50. The topological polar surface area (TPSA) is 123 Å². The summed E-state index contributed by atoms with van der Waals surface area (Å²) >= 11 is 2.35. The summed E-state index contributed by atoms with van der Waals surface area (Å²) in [4.78, 5) is 13.5. The van der Waals surface area contributed by atoms with Crippen molar-refractivity contribution in [2.45, 2.75) is 43.8 Å². The molecule has 13 heteroatoms. The molecule has 1 saturated carbocycles. The van der Waals surface area contributed by atoms with Crippen LogP contribution in [0, 0.1) is 12.8 Å². The highest BCUT2D eigenvalue weighted by molar-refractivity contribution is 7.21. The first kappa shape index (κ1) is 25.8. The molecule has 0 aliphatic heterocycles. The number of benzene rings is 1. The number of aryl methyl sites for hydroxylation is 1. The summed E-state index contributed by atoms with van der Waals surface area (Å²) in [5.41, 5.74) is 1.63. The highest BCUT2D eigenvalue weighted by Crippen LogP contribution is 2.40. The molecule has 0 radical (unpaired) electrons. The second-order valence-corrected chi connectivity index (χ2v) is 10.9. The molecule has 0 spiro atoms. The van der Waals surface area contributed by atoms with Crippen molar-refractivity contribution < 1.29 is 28.5 Å². The summed E-state index contributed by atoms with van der Waals surface area (Å²) < 4.78 is 42.7. The van der Waals surface area contributed by atoms with Gasteiger partial charge in [0.15, 0.2) is 6.04 Å². The maximum atomic E-state index is 13.9. The Balaban J connectivity index is 1.57. The Bertz CT molecular complexity index is 1350. The van der Waals surface area contributed by atoms with Gasteiger partial charge in [0.1, 0.15) is 16.9 Å². The third kappa shape index (κ3) is 5.14. The monoisotopic (exact) mass is 551 g/mol. The van der Waals surface area contributed by atoms with Crippen molar-refractivity contribution in [3.8, 4) is 10.6 Å². The molecule has 1 aliphatic carbocycles. The van der Waals surface area contributed by atoms with Crippen molar-refractivity contribution in [2.24, 2.45) is 5.92 Å². The van der Waals surface area contributed by atoms with E-state index in [1.165, 1.54) is 17.4 Å². The molecule has 1 aliphatic rings. The maximum absolute atomic E-state index is 13.9. The average molecular weight is 552 g/mol. The molecular formula is C24H24F3N5O3S2. The van der Waals surface area contributed by atoms with Crippen molar-refractivity contribution >= 4 is 44.7 Å². The molecule has 0 saturated heterocycles. The van der Waals surface area contributed by atoms with Crippen LogP contribution in [0.5, 0.6) is 0 Å². The van der Waals surface area contributed by atoms with Gasteiger partial charge in [-0.1, -0.05) is 18.2 Å². The number of anilines is 2. The summed E-state index contributed by atoms with van der Waals surface area (Å²) in [6.07, 6.45) is -6.71. The van der Waals surface area contributed by atoms with E-state index >= 15 is 0 Å². The molecule has 8 nitrogen and oxygen atoms in total. The van der Waals surface area contributed by atoms with Crippen LogP contribution in [0.3, 0.4) is 0 Å². The van der Waals surface area contributed by atoms with Gasteiger partial charge in [0, 0.05) is 17.4 Å². The lowest BCUT2D eigenvalue weighted by atomic mass is 10.1. The number of aromatic nitrogens is 3.